The largest absolute Gasteiger partial charge is 0.398 e. The second kappa shape index (κ2) is 4.90. The van der Waals surface area contributed by atoms with Gasteiger partial charge in [-0.2, -0.15) is 11.8 Å². The summed E-state index contributed by atoms with van der Waals surface area (Å²) in [6.45, 7) is 3.41. The van der Waals surface area contributed by atoms with Crippen LogP contribution >= 0.6 is 11.8 Å². The highest BCUT2D eigenvalue weighted by Crippen LogP contribution is 2.23. The van der Waals surface area contributed by atoms with Crippen LogP contribution in [0.1, 0.15) is 11.1 Å². The maximum absolute atomic E-state index is 5.96. The Labute approximate surface area is 95.8 Å². The molecule has 0 atom stereocenters. The minimum absolute atomic E-state index is 0.969. The van der Waals surface area contributed by atoms with E-state index in [9.17, 15) is 0 Å². The number of rotatable bonds is 3. The van der Waals surface area contributed by atoms with Gasteiger partial charge in [-0.25, -0.2) is 0 Å². The van der Waals surface area contributed by atoms with Gasteiger partial charge in [0.25, 0.3) is 0 Å². The Morgan fingerprint density at radius 3 is 3.13 bits per heavy atom. The molecule has 15 heavy (non-hydrogen) atoms. The van der Waals surface area contributed by atoms with E-state index < -0.39 is 0 Å². The third-order valence-corrected chi connectivity index (χ3v) is 3.58. The van der Waals surface area contributed by atoms with Gasteiger partial charge in [0.15, 0.2) is 0 Å². The molecule has 0 saturated heterocycles. The van der Waals surface area contributed by atoms with E-state index in [1.807, 2.05) is 17.8 Å². The summed E-state index contributed by atoms with van der Waals surface area (Å²) < 4.78 is 0. The quantitative estimate of drug-likeness (QED) is 0.793. The number of benzene rings is 1. The fraction of sp³-hybridized carbons (Fsp3) is 0.500. The lowest BCUT2D eigenvalue weighted by molar-refractivity contribution is 0.271. The van der Waals surface area contributed by atoms with Crippen LogP contribution in [0.15, 0.2) is 18.2 Å². The molecule has 0 aromatic heterocycles. The third-order valence-electron chi connectivity index (χ3n) is 2.99. The molecule has 2 rings (SSSR count). The highest BCUT2D eigenvalue weighted by Gasteiger charge is 2.16. The predicted octanol–water partition coefficient (Wildman–Crippen LogP) is 1.99. The van der Waals surface area contributed by atoms with Crippen molar-refractivity contribution in [1.29, 1.82) is 0 Å². The molecule has 0 radical (unpaired) electrons. The Morgan fingerprint density at radius 2 is 2.33 bits per heavy atom. The molecule has 1 aliphatic rings. The van der Waals surface area contributed by atoms with Crippen LogP contribution in [0.3, 0.4) is 0 Å². The molecule has 0 unspecified atom stereocenters. The highest BCUT2D eigenvalue weighted by atomic mass is 32.2. The van der Waals surface area contributed by atoms with Crippen molar-refractivity contribution in [3.63, 3.8) is 0 Å². The van der Waals surface area contributed by atoms with Crippen LogP contribution in [-0.2, 0) is 13.0 Å². The van der Waals surface area contributed by atoms with Gasteiger partial charge >= 0.3 is 0 Å². The van der Waals surface area contributed by atoms with Gasteiger partial charge in [-0.05, 0) is 29.9 Å². The van der Waals surface area contributed by atoms with E-state index >= 15 is 0 Å². The van der Waals surface area contributed by atoms with Crippen molar-refractivity contribution >= 4 is 17.4 Å². The summed E-state index contributed by atoms with van der Waals surface area (Å²) in [5.41, 5.74) is 9.73. The molecule has 0 amide bonds. The predicted molar refractivity (Wildman–Crippen MR) is 68.2 cm³/mol. The van der Waals surface area contributed by atoms with Gasteiger partial charge in [-0.15, -0.1) is 0 Å². The third kappa shape index (κ3) is 2.47. The second-order valence-corrected chi connectivity index (χ2v) is 4.99. The van der Waals surface area contributed by atoms with Gasteiger partial charge in [0.1, 0.15) is 0 Å². The molecule has 0 spiro atoms. The van der Waals surface area contributed by atoms with Crippen molar-refractivity contribution in [3.8, 4) is 0 Å². The van der Waals surface area contributed by atoms with Crippen LogP contribution in [0.4, 0.5) is 5.69 Å². The van der Waals surface area contributed by atoms with E-state index in [1.165, 1.54) is 23.4 Å². The van der Waals surface area contributed by atoms with Crippen molar-refractivity contribution in [2.45, 2.75) is 13.0 Å². The molecule has 82 valence electrons. The van der Waals surface area contributed by atoms with E-state index in [1.54, 1.807) is 0 Å². The zero-order chi connectivity index (χ0) is 10.7. The summed E-state index contributed by atoms with van der Waals surface area (Å²) in [6.07, 6.45) is 3.27. The monoisotopic (exact) mass is 222 g/mol. The van der Waals surface area contributed by atoms with E-state index in [2.05, 4.69) is 23.3 Å². The number of nitrogens with two attached hydrogens (primary N) is 1. The Kier molecular flexibility index (Phi) is 3.54. The molecule has 1 aromatic rings. The minimum Gasteiger partial charge on any atom is -0.398 e. The molecule has 1 heterocycles. The normalized spacial score (nSPS) is 16.3. The summed E-state index contributed by atoms with van der Waals surface area (Å²) in [5, 5.41) is 0. The number of nitrogen functional groups attached to an aromatic ring is 1. The van der Waals surface area contributed by atoms with Gasteiger partial charge in [0.2, 0.25) is 0 Å². The summed E-state index contributed by atoms with van der Waals surface area (Å²) in [7, 11) is 0. The van der Waals surface area contributed by atoms with Gasteiger partial charge < -0.3 is 5.73 Å². The van der Waals surface area contributed by atoms with Crippen LogP contribution in [0, 0.1) is 0 Å². The summed E-state index contributed by atoms with van der Waals surface area (Å²) in [6, 6.07) is 6.28. The lowest BCUT2D eigenvalue weighted by atomic mass is 9.98. The number of fused-ring (bicyclic) bond motifs is 1. The van der Waals surface area contributed by atoms with Crippen LogP contribution in [-0.4, -0.2) is 30.0 Å². The first kappa shape index (κ1) is 10.8. The zero-order valence-corrected chi connectivity index (χ0v) is 10.0. The molecule has 0 bridgehead atoms. The summed E-state index contributed by atoms with van der Waals surface area (Å²) in [5.74, 6) is 1.22. The summed E-state index contributed by atoms with van der Waals surface area (Å²) >= 11 is 1.91. The van der Waals surface area contributed by atoms with E-state index in [-0.39, 0.29) is 0 Å². The number of anilines is 1. The minimum atomic E-state index is 0.969. The van der Waals surface area contributed by atoms with Crippen molar-refractivity contribution in [2.75, 3.05) is 30.8 Å². The van der Waals surface area contributed by atoms with Crippen molar-refractivity contribution < 1.29 is 0 Å². The Hall–Kier alpha value is -0.670. The topological polar surface area (TPSA) is 29.3 Å². The number of hydrogen-bond donors (Lipinski definition) is 1. The molecule has 2 nitrogen and oxygen atoms in total. The number of thioether (sulfide) groups is 1. The first-order chi connectivity index (χ1) is 7.31. The molecule has 1 aliphatic heterocycles. The van der Waals surface area contributed by atoms with Gasteiger partial charge in [0.05, 0.1) is 0 Å². The first-order valence-electron chi connectivity index (χ1n) is 5.39. The van der Waals surface area contributed by atoms with Crippen LogP contribution in [0.2, 0.25) is 0 Å². The van der Waals surface area contributed by atoms with Crippen LogP contribution in [0.25, 0.3) is 0 Å². The fourth-order valence-corrected chi connectivity index (χ4v) is 2.55. The average Bonchev–Trinajstić information content (AvgIpc) is 2.26. The SMILES string of the molecule is CSCCN1CCc2c(N)cccc2C1. The smallest absolute Gasteiger partial charge is 0.0350 e. The first-order valence-corrected chi connectivity index (χ1v) is 6.78. The fourth-order valence-electron chi connectivity index (χ4n) is 2.11. The van der Waals surface area contributed by atoms with Crippen LogP contribution < -0.4 is 5.73 Å². The van der Waals surface area contributed by atoms with Crippen molar-refractivity contribution in [2.24, 2.45) is 0 Å². The zero-order valence-electron chi connectivity index (χ0n) is 9.20. The lowest BCUT2D eigenvalue weighted by Gasteiger charge is -2.29. The number of hydrogen-bond acceptors (Lipinski definition) is 3. The molecule has 0 saturated carbocycles. The Morgan fingerprint density at radius 1 is 1.47 bits per heavy atom. The van der Waals surface area contributed by atoms with Gasteiger partial charge in [-0.1, -0.05) is 12.1 Å². The van der Waals surface area contributed by atoms with E-state index in [0.29, 0.717) is 0 Å². The van der Waals surface area contributed by atoms with E-state index in [4.69, 9.17) is 5.73 Å². The lowest BCUT2D eigenvalue weighted by Crippen LogP contribution is -2.32. The molecular weight excluding hydrogens is 204 g/mol. The van der Waals surface area contributed by atoms with Gasteiger partial charge in [-0.3, -0.25) is 4.90 Å². The summed E-state index contributed by atoms with van der Waals surface area (Å²) in [4.78, 5) is 2.51. The molecule has 0 fully saturated rings. The Balaban J connectivity index is 2.07. The maximum atomic E-state index is 5.96. The second-order valence-electron chi connectivity index (χ2n) is 4.00. The average molecular weight is 222 g/mol. The molecule has 1 aromatic carbocycles. The Bertz CT molecular complexity index is 338. The van der Waals surface area contributed by atoms with Crippen molar-refractivity contribution in [3.05, 3.63) is 29.3 Å². The maximum Gasteiger partial charge on any atom is 0.0350 e. The number of nitrogens with zero attached hydrogens (tertiary/aromatic N) is 1. The van der Waals surface area contributed by atoms with Crippen molar-refractivity contribution in [1.82, 2.24) is 4.90 Å². The molecular formula is C12H18N2S. The molecule has 3 heteroatoms. The molecule has 2 N–H and O–H groups in total. The van der Waals surface area contributed by atoms with Crippen LogP contribution in [0.5, 0.6) is 0 Å². The standard InChI is InChI=1S/C12H18N2S/c1-15-8-7-14-6-5-11-10(9-14)3-2-4-12(11)13/h2-4H,5-9,13H2,1H3. The van der Waals surface area contributed by atoms with E-state index in [0.717, 1.165) is 25.2 Å². The highest BCUT2D eigenvalue weighted by molar-refractivity contribution is 7.98. The molecule has 0 aliphatic carbocycles. The van der Waals surface area contributed by atoms with Gasteiger partial charge in [0, 0.05) is 31.1 Å².